The molecule has 2 nitrogen and oxygen atoms in total. The van der Waals surface area contributed by atoms with Gasteiger partial charge in [-0.3, -0.25) is 4.79 Å². The number of hydrogen-bond donors (Lipinski definition) is 1. The van der Waals surface area contributed by atoms with Gasteiger partial charge >= 0.3 is 0 Å². The number of amides is 1. The first-order valence-electron chi connectivity index (χ1n) is 10.5. The van der Waals surface area contributed by atoms with E-state index >= 15 is 0 Å². The lowest BCUT2D eigenvalue weighted by Crippen LogP contribution is -2.29. The van der Waals surface area contributed by atoms with Crippen LogP contribution >= 0.6 is 11.6 Å². The quantitative estimate of drug-likeness (QED) is 0.733. The summed E-state index contributed by atoms with van der Waals surface area (Å²) in [5.41, 5.74) is 2.43. The molecule has 2 fully saturated rings. The number of anilines is 1. The van der Waals surface area contributed by atoms with Gasteiger partial charge in [-0.1, -0.05) is 54.6 Å². The standard InChI is InChI=1S/C26H28ClNO/c1-3-6-23(22-8-5-4-7-18(22)2)19-13-15-26(16-14-19)17-24(26)25(29)28-21-11-9-20(27)10-12-21/h3-12,19,24H,2,13-17H2,1H3,(H,28,29)/b6-3-,23-22+. The van der Waals surface area contributed by atoms with Crippen LogP contribution in [0.2, 0.25) is 5.02 Å². The van der Waals surface area contributed by atoms with Crippen molar-refractivity contribution in [2.24, 2.45) is 17.3 Å². The highest BCUT2D eigenvalue weighted by molar-refractivity contribution is 6.30. The van der Waals surface area contributed by atoms with Crippen LogP contribution in [0.15, 0.2) is 60.7 Å². The Morgan fingerprint density at radius 1 is 1.14 bits per heavy atom. The first-order valence-corrected chi connectivity index (χ1v) is 10.9. The van der Waals surface area contributed by atoms with Gasteiger partial charge in [-0.25, -0.2) is 0 Å². The topological polar surface area (TPSA) is 29.1 Å². The Morgan fingerprint density at radius 2 is 1.83 bits per heavy atom. The maximum atomic E-state index is 12.7. The van der Waals surface area contributed by atoms with E-state index in [4.69, 9.17) is 11.6 Å². The van der Waals surface area contributed by atoms with Crippen molar-refractivity contribution in [1.29, 1.82) is 0 Å². The van der Waals surface area contributed by atoms with Crippen LogP contribution in [-0.2, 0) is 4.79 Å². The van der Waals surface area contributed by atoms with Crippen LogP contribution in [0.4, 0.5) is 5.69 Å². The number of hydrogen-bond acceptors (Lipinski definition) is 1. The van der Waals surface area contributed by atoms with Crippen LogP contribution in [0.1, 0.15) is 39.0 Å². The highest BCUT2D eigenvalue weighted by Crippen LogP contribution is 2.63. The molecule has 0 radical (unpaired) electrons. The van der Waals surface area contributed by atoms with Gasteiger partial charge in [0.25, 0.3) is 0 Å². The average molecular weight is 406 g/mol. The largest absolute Gasteiger partial charge is 0.326 e. The molecule has 3 heteroatoms. The number of carbonyl (C=O) groups excluding carboxylic acids is 1. The zero-order valence-corrected chi connectivity index (χ0v) is 17.7. The van der Waals surface area contributed by atoms with Gasteiger partial charge in [-0.2, -0.15) is 0 Å². The Morgan fingerprint density at radius 3 is 2.48 bits per heavy atom. The molecule has 0 saturated heterocycles. The van der Waals surface area contributed by atoms with Gasteiger partial charge in [-0.05, 0) is 90.6 Å². The third kappa shape index (κ3) is 4.18. The number of carbonyl (C=O) groups is 1. The first-order chi connectivity index (χ1) is 14.0. The fraction of sp³-hybridized carbons (Fsp3) is 0.346. The Balaban J connectivity index is 1.44. The van der Waals surface area contributed by atoms with Crippen molar-refractivity contribution in [1.82, 2.24) is 0 Å². The van der Waals surface area contributed by atoms with Crippen molar-refractivity contribution in [2.75, 3.05) is 5.32 Å². The molecule has 2 aromatic rings. The van der Waals surface area contributed by atoms with Gasteiger partial charge in [0.05, 0.1) is 0 Å². The normalized spacial score (nSPS) is 27.1. The number of halogens is 1. The monoisotopic (exact) mass is 405 g/mol. The Hall–Kier alpha value is -2.32. The van der Waals surface area contributed by atoms with Crippen molar-refractivity contribution in [3.05, 3.63) is 76.1 Å². The van der Waals surface area contributed by atoms with Crippen molar-refractivity contribution in [3.8, 4) is 0 Å². The van der Waals surface area contributed by atoms with Gasteiger partial charge < -0.3 is 5.32 Å². The molecule has 1 atom stereocenters. The van der Waals surface area contributed by atoms with E-state index in [-0.39, 0.29) is 17.2 Å². The molecule has 0 bridgehead atoms. The molecule has 0 aromatic heterocycles. The van der Waals surface area contributed by atoms with Crippen LogP contribution in [0.3, 0.4) is 0 Å². The molecule has 4 rings (SSSR count). The molecule has 0 aliphatic heterocycles. The average Bonchev–Trinajstić information content (AvgIpc) is 3.43. The summed E-state index contributed by atoms with van der Waals surface area (Å²) < 4.78 is 0. The molecule has 2 aliphatic carbocycles. The molecule has 2 aliphatic rings. The van der Waals surface area contributed by atoms with Crippen molar-refractivity contribution in [2.45, 2.75) is 39.0 Å². The van der Waals surface area contributed by atoms with Gasteiger partial charge in [-0.15, -0.1) is 0 Å². The smallest absolute Gasteiger partial charge is 0.228 e. The predicted molar refractivity (Wildman–Crippen MR) is 122 cm³/mol. The summed E-state index contributed by atoms with van der Waals surface area (Å²) in [5.74, 6) is 0.844. The number of nitrogens with one attached hydrogen (secondary N) is 1. The third-order valence-corrected chi connectivity index (χ3v) is 6.97. The molecule has 29 heavy (non-hydrogen) atoms. The summed E-state index contributed by atoms with van der Waals surface area (Å²) >= 11 is 5.93. The van der Waals surface area contributed by atoms with Crippen molar-refractivity contribution in [3.63, 3.8) is 0 Å². The second-order valence-electron chi connectivity index (χ2n) is 8.50. The minimum atomic E-state index is 0.143. The second-order valence-corrected chi connectivity index (χ2v) is 8.94. The van der Waals surface area contributed by atoms with Crippen molar-refractivity contribution >= 4 is 35.3 Å². The minimum Gasteiger partial charge on any atom is -0.326 e. The Kier molecular flexibility index (Phi) is 5.65. The summed E-state index contributed by atoms with van der Waals surface area (Å²) in [6.45, 7) is 6.30. The Labute approximate surface area is 178 Å². The second kappa shape index (κ2) is 8.20. The van der Waals surface area contributed by atoms with E-state index in [2.05, 4.69) is 49.2 Å². The lowest BCUT2D eigenvalue weighted by molar-refractivity contribution is -0.118. The van der Waals surface area contributed by atoms with Gasteiger partial charge in [0.2, 0.25) is 5.91 Å². The zero-order valence-electron chi connectivity index (χ0n) is 17.0. The molecular formula is C26H28ClNO. The fourth-order valence-electron chi connectivity index (χ4n) is 4.96. The third-order valence-electron chi connectivity index (χ3n) is 6.71. The van der Waals surface area contributed by atoms with Crippen molar-refractivity contribution < 1.29 is 4.79 Å². The SMILES string of the molecule is C=c1cccc/c1=C(/C=C\C)C1CCC2(CC1)CC2C(=O)Nc1ccc(Cl)cc1. The Bertz CT molecular complexity index is 1030. The van der Waals surface area contributed by atoms with E-state index in [1.54, 1.807) is 0 Å². The van der Waals surface area contributed by atoms with Crippen LogP contribution < -0.4 is 15.8 Å². The lowest BCUT2D eigenvalue weighted by atomic mass is 9.75. The van der Waals surface area contributed by atoms with Gasteiger partial charge in [0.1, 0.15) is 0 Å². The van der Waals surface area contributed by atoms with E-state index in [9.17, 15) is 4.79 Å². The van der Waals surface area contributed by atoms with Crippen LogP contribution in [-0.4, -0.2) is 5.91 Å². The summed E-state index contributed by atoms with van der Waals surface area (Å²) in [6.07, 6.45) is 9.92. The minimum absolute atomic E-state index is 0.143. The molecule has 150 valence electrons. The van der Waals surface area contributed by atoms with E-state index in [1.165, 1.54) is 10.8 Å². The van der Waals surface area contributed by atoms with Gasteiger partial charge in [0, 0.05) is 16.6 Å². The summed E-state index contributed by atoms with van der Waals surface area (Å²) in [7, 11) is 0. The predicted octanol–water partition coefficient (Wildman–Crippen LogP) is 5.31. The van der Waals surface area contributed by atoms with E-state index in [1.807, 2.05) is 30.3 Å². The fourth-order valence-corrected chi connectivity index (χ4v) is 5.09. The van der Waals surface area contributed by atoms with Crippen LogP contribution in [0.5, 0.6) is 0 Å². The molecule has 1 N–H and O–H groups in total. The molecule has 1 spiro atoms. The van der Waals surface area contributed by atoms with Crippen LogP contribution in [0, 0.1) is 17.3 Å². The maximum Gasteiger partial charge on any atom is 0.228 e. The number of rotatable bonds is 4. The molecular weight excluding hydrogens is 378 g/mol. The summed E-state index contributed by atoms with van der Waals surface area (Å²) in [6, 6.07) is 15.7. The molecule has 1 amide bonds. The maximum absolute atomic E-state index is 12.7. The highest BCUT2D eigenvalue weighted by Gasteiger charge is 2.58. The number of allylic oxidation sites excluding steroid dienone is 2. The van der Waals surface area contributed by atoms with E-state index < -0.39 is 0 Å². The van der Waals surface area contributed by atoms with Gasteiger partial charge in [0.15, 0.2) is 0 Å². The zero-order chi connectivity index (χ0) is 20.4. The summed E-state index contributed by atoms with van der Waals surface area (Å²) in [4.78, 5) is 12.7. The number of benzene rings is 2. The van der Waals surface area contributed by atoms with Crippen LogP contribution in [0.25, 0.3) is 12.2 Å². The first kappa shape index (κ1) is 20.0. The molecule has 0 heterocycles. The summed E-state index contributed by atoms with van der Waals surface area (Å²) in [5, 5.41) is 6.10. The lowest BCUT2D eigenvalue weighted by Gasteiger charge is -2.30. The highest BCUT2D eigenvalue weighted by atomic mass is 35.5. The van der Waals surface area contributed by atoms with E-state index in [0.717, 1.165) is 43.0 Å². The van der Waals surface area contributed by atoms with E-state index in [0.29, 0.717) is 10.9 Å². The molecule has 1 unspecified atom stereocenters. The molecule has 2 saturated carbocycles. The molecule has 2 aromatic carbocycles.